The highest BCUT2D eigenvalue weighted by Gasteiger charge is 2.17. The number of hydrogen-bond donors (Lipinski definition) is 0. The van der Waals surface area contributed by atoms with Crippen LogP contribution in [0.3, 0.4) is 0 Å². The minimum Gasteiger partial charge on any atom is -0.460 e. The van der Waals surface area contributed by atoms with E-state index in [1.165, 1.54) is 18.2 Å². The number of hydrogen-bond acceptors (Lipinski definition) is 6. The Balaban J connectivity index is 3.07. The highest BCUT2D eigenvalue weighted by Crippen LogP contribution is 2.23. The Hall–Kier alpha value is -2.50. The van der Waals surface area contributed by atoms with Gasteiger partial charge in [-0.2, -0.15) is 0 Å². The van der Waals surface area contributed by atoms with E-state index in [0.717, 1.165) is 0 Å². The molecular formula is C17H20O6. The van der Waals surface area contributed by atoms with Crippen LogP contribution in [-0.2, 0) is 25.7 Å². The van der Waals surface area contributed by atoms with Crippen molar-refractivity contribution in [2.45, 2.75) is 34.3 Å². The molecular weight excluding hydrogens is 300 g/mol. The molecule has 0 heterocycles. The molecule has 0 unspecified atom stereocenters. The molecule has 6 nitrogen and oxygen atoms in total. The topological polar surface area (TPSA) is 86.7 Å². The quantitative estimate of drug-likeness (QED) is 0.252. The summed E-state index contributed by atoms with van der Waals surface area (Å²) < 4.78 is 10.3. The molecule has 0 atom stereocenters. The summed E-state index contributed by atoms with van der Waals surface area (Å²) in [5.41, 5.74) is 0.487. The van der Waals surface area contributed by atoms with Gasteiger partial charge in [-0.15, -0.1) is 0 Å². The number of Topliss-reactive ketones (excluding diaryl/α,β-unsaturated/α-hetero) is 1. The number of rotatable bonds is 7. The Kier molecular flexibility index (Phi) is 6.63. The van der Waals surface area contributed by atoms with E-state index in [0.29, 0.717) is 5.56 Å². The molecule has 124 valence electrons. The average molecular weight is 320 g/mol. The lowest BCUT2D eigenvalue weighted by Crippen LogP contribution is -2.17. The minimum atomic E-state index is -0.705. The predicted octanol–water partition coefficient (Wildman–Crippen LogP) is 2.33. The molecule has 0 fully saturated rings. The van der Waals surface area contributed by atoms with Crippen molar-refractivity contribution in [1.29, 1.82) is 0 Å². The number of carbonyl (C=O) groups is 4. The van der Waals surface area contributed by atoms with Gasteiger partial charge in [0.15, 0.2) is 6.29 Å². The van der Waals surface area contributed by atoms with Crippen LogP contribution in [0.1, 0.15) is 43.6 Å². The van der Waals surface area contributed by atoms with Crippen LogP contribution in [0, 0.1) is 11.8 Å². The van der Waals surface area contributed by atoms with Gasteiger partial charge in [-0.1, -0.05) is 27.7 Å². The maximum absolute atomic E-state index is 11.7. The van der Waals surface area contributed by atoms with Crippen LogP contribution >= 0.6 is 0 Å². The first kappa shape index (κ1) is 18.5. The number of carbonyl (C=O) groups excluding carboxylic acids is 4. The predicted molar refractivity (Wildman–Crippen MR) is 81.9 cm³/mol. The summed E-state index contributed by atoms with van der Waals surface area (Å²) in [5.74, 6) is -2.02. The first-order valence-corrected chi connectivity index (χ1v) is 7.27. The van der Waals surface area contributed by atoms with E-state index in [9.17, 15) is 19.2 Å². The molecule has 6 heteroatoms. The number of ether oxygens (including phenoxy) is 2. The van der Waals surface area contributed by atoms with Crippen molar-refractivity contribution >= 4 is 24.0 Å². The van der Waals surface area contributed by atoms with Crippen molar-refractivity contribution in [3.8, 4) is 5.75 Å². The molecule has 0 aliphatic carbocycles. The van der Waals surface area contributed by atoms with Crippen LogP contribution < -0.4 is 4.74 Å². The molecule has 23 heavy (non-hydrogen) atoms. The Labute approximate surface area is 134 Å². The van der Waals surface area contributed by atoms with Gasteiger partial charge in [0.1, 0.15) is 12.4 Å². The van der Waals surface area contributed by atoms with Gasteiger partial charge >= 0.3 is 11.9 Å². The number of aldehydes is 1. The van der Waals surface area contributed by atoms with E-state index < -0.39 is 17.7 Å². The van der Waals surface area contributed by atoms with Crippen molar-refractivity contribution in [3.05, 3.63) is 29.3 Å². The van der Waals surface area contributed by atoms with E-state index in [4.69, 9.17) is 9.47 Å². The Morgan fingerprint density at radius 3 is 2.17 bits per heavy atom. The summed E-state index contributed by atoms with van der Waals surface area (Å²) in [5, 5.41) is 0. The van der Waals surface area contributed by atoms with Crippen molar-refractivity contribution < 1.29 is 28.7 Å². The summed E-state index contributed by atoms with van der Waals surface area (Å²) in [7, 11) is 0. The summed E-state index contributed by atoms with van der Waals surface area (Å²) in [6, 6.07) is 4.18. The molecule has 0 saturated heterocycles. The minimum absolute atomic E-state index is 0.139. The van der Waals surface area contributed by atoms with Gasteiger partial charge in [-0.05, 0) is 18.2 Å². The average Bonchev–Trinajstić information content (AvgIpc) is 2.52. The lowest BCUT2D eigenvalue weighted by atomic mass is 10.1. The molecule has 0 saturated carbocycles. The number of benzene rings is 1. The zero-order valence-corrected chi connectivity index (χ0v) is 13.6. The molecule has 1 aromatic carbocycles. The number of ketones is 1. The summed E-state index contributed by atoms with van der Waals surface area (Å²) in [6.45, 7) is 6.59. The molecule has 0 aromatic heterocycles. The number of esters is 2. The largest absolute Gasteiger partial charge is 0.460 e. The first-order valence-electron chi connectivity index (χ1n) is 7.27. The fourth-order valence-corrected chi connectivity index (χ4v) is 1.55. The first-order chi connectivity index (χ1) is 10.8. The normalized spacial score (nSPS) is 10.5. The van der Waals surface area contributed by atoms with Gasteiger partial charge in [0.05, 0.1) is 11.8 Å². The Morgan fingerprint density at radius 1 is 1.04 bits per heavy atom. The molecule has 0 N–H and O–H groups in total. The molecule has 0 aliphatic rings. The van der Waals surface area contributed by atoms with Crippen molar-refractivity contribution in [2.75, 3.05) is 0 Å². The lowest BCUT2D eigenvalue weighted by Gasteiger charge is -2.13. The molecule has 1 aromatic rings. The van der Waals surface area contributed by atoms with Crippen LogP contribution in [0.25, 0.3) is 0 Å². The third-order valence-corrected chi connectivity index (χ3v) is 2.98. The fourth-order valence-electron chi connectivity index (χ4n) is 1.55. The van der Waals surface area contributed by atoms with Crippen LogP contribution in [0.4, 0.5) is 0 Å². The SMILES string of the molecule is CC(C)C(=O)OCc1cc(C(=O)C=O)ccc1OC(=O)C(C)C. The molecule has 1 rings (SSSR count). The summed E-state index contributed by atoms with van der Waals surface area (Å²) in [6.07, 6.45) is 0.193. The van der Waals surface area contributed by atoms with Crippen molar-refractivity contribution in [1.82, 2.24) is 0 Å². The van der Waals surface area contributed by atoms with Crippen LogP contribution in [0.5, 0.6) is 5.75 Å². The second kappa shape index (κ2) is 8.22. The van der Waals surface area contributed by atoms with Gasteiger partial charge in [-0.3, -0.25) is 19.2 Å². The molecule has 0 amide bonds. The Morgan fingerprint density at radius 2 is 1.65 bits per heavy atom. The zero-order valence-electron chi connectivity index (χ0n) is 13.6. The van der Waals surface area contributed by atoms with Gasteiger partial charge in [0.25, 0.3) is 0 Å². The molecule has 0 spiro atoms. The third-order valence-electron chi connectivity index (χ3n) is 2.98. The summed E-state index contributed by atoms with van der Waals surface area (Å²) in [4.78, 5) is 45.4. The lowest BCUT2D eigenvalue weighted by molar-refractivity contribution is -0.148. The maximum Gasteiger partial charge on any atom is 0.313 e. The van der Waals surface area contributed by atoms with Gasteiger partial charge in [0.2, 0.25) is 5.78 Å². The molecule has 0 radical (unpaired) electrons. The standard InChI is InChI=1S/C17H20O6/c1-10(2)16(20)22-9-13-7-12(14(19)8-18)5-6-15(13)23-17(21)11(3)4/h5-8,10-11H,9H2,1-4H3. The monoisotopic (exact) mass is 320 g/mol. The van der Waals surface area contributed by atoms with Crippen LogP contribution in [-0.4, -0.2) is 24.0 Å². The van der Waals surface area contributed by atoms with Crippen LogP contribution in [0.2, 0.25) is 0 Å². The zero-order chi connectivity index (χ0) is 17.6. The van der Waals surface area contributed by atoms with Gasteiger partial charge in [0, 0.05) is 11.1 Å². The third kappa shape index (κ3) is 5.32. The Bertz CT molecular complexity index is 616. The van der Waals surface area contributed by atoms with Gasteiger partial charge < -0.3 is 9.47 Å². The second-order valence-electron chi connectivity index (χ2n) is 5.64. The molecule has 0 bridgehead atoms. The van der Waals surface area contributed by atoms with Crippen molar-refractivity contribution in [3.63, 3.8) is 0 Å². The van der Waals surface area contributed by atoms with E-state index in [1.807, 2.05) is 0 Å². The highest BCUT2D eigenvalue weighted by atomic mass is 16.5. The molecule has 0 aliphatic heterocycles. The van der Waals surface area contributed by atoms with E-state index in [2.05, 4.69) is 0 Å². The van der Waals surface area contributed by atoms with E-state index in [-0.39, 0.29) is 36.0 Å². The van der Waals surface area contributed by atoms with Gasteiger partial charge in [-0.25, -0.2) is 0 Å². The van der Waals surface area contributed by atoms with E-state index in [1.54, 1.807) is 27.7 Å². The smallest absolute Gasteiger partial charge is 0.313 e. The van der Waals surface area contributed by atoms with Crippen LogP contribution in [0.15, 0.2) is 18.2 Å². The van der Waals surface area contributed by atoms with E-state index >= 15 is 0 Å². The fraction of sp³-hybridized carbons (Fsp3) is 0.412. The maximum atomic E-state index is 11.7. The second-order valence-corrected chi connectivity index (χ2v) is 5.64. The summed E-state index contributed by atoms with van der Waals surface area (Å²) >= 11 is 0. The highest BCUT2D eigenvalue weighted by molar-refractivity contribution is 6.33. The van der Waals surface area contributed by atoms with Crippen molar-refractivity contribution in [2.24, 2.45) is 11.8 Å².